The summed E-state index contributed by atoms with van der Waals surface area (Å²) in [5, 5.41) is 3.16. The van der Waals surface area contributed by atoms with Gasteiger partial charge < -0.3 is 5.32 Å². The zero-order valence-electron chi connectivity index (χ0n) is 10.2. The molecule has 1 aliphatic rings. The largest absolute Gasteiger partial charge is 0.373 e. The zero-order valence-corrected chi connectivity index (χ0v) is 10.2. The van der Waals surface area contributed by atoms with Crippen molar-refractivity contribution in [2.75, 3.05) is 25.5 Å². The number of aromatic nitrogens is 1. The van der Waals surface area contributed by atoms with Crippen molar-refractivity contribution in [3.63, 3.8) is 0 Å². The predicted octanol–water partition coefficient (Wildman–Crippen LogP) is 2.36. The van der Waals surface area contributed by atoms with Crippen LogP contribution in [0.25, 0.3) is 0 Å². The molecule has 16 heavy (non-hydrogen) atoms. The zero-order chi connectivity index (χ0) is 11.4. The fourth-order valence-corrected chi connectivity index (χ4v) is 2.42. The number of hydrogen-bond acceptors (Lipinski definition) is 3. The molecule has 1 fully saturated rings. The van der Waals surface area contributed by atoms with Crippen molar-refractivity contribution < 1.29 is 0 Å². The lowest BCUT2D eigenvalue weighted by Gasteiger charge is -2.17. The van der Waals surface area contributed by atoms with E-state index in [0.29, 0.717) is 0 Å². The predicted molar refractivity (Wildman–Crippen MR) is 67.5 cm³/mol. The first-order valence-corrected chi connectivity index (χ1v) is 6.17. The minimum absolute atomic E-state index is 0.898. The Labute approximate surface area is 97.9 Å². The Morgan fingerprint density at radius 1 is 1.56 bits per heavy atom. The molecule has 0 aromatic carbocycles. The number of rotatable bonds is 4. The first-order valence-electron chi connectivity index (χ1n) is 6.17. The SMILES string of the molecule is CCC1CCN(Cc2cccnc2NC)C1. The van der Waals surface area contributed by atoms with Crippen LogP contribution >= 0.6 is 0 Å². The van der Waals surface area contributed by atoms with Crippen molar-refractivity contribution >= 4 is 5.82 Å². The maximum atomic E-state index is 4.34. The van der Waals surface area contributed by atoms with Crippen LogP contribution in [0.3, 0.4) is 0 Å². The van der Waals surface area contributed by atoms with Gasteiger partial charge in [-0.1, -0.05) is 19.4 Å². The maximum Gasteiger partial charge on any atom is 0.130 e. The monoisotopic (exact) mass is 219 g/mol. The molecule has 2 rings (SSSR count). The van der Waals surface area contributed by atoms with Crippen LogP contribution < -0.4 is 5.32 Å². The molecule has 1 N–H and O–H groups in total. The summed E-state index contributed by atoms with van der Waals surface area (Å²) in [5.74, 6) is 1.91. The highest BCUT2D eigenvalue weighted by molar-refractivity contribution is 5.42. The van der Waals surface area contributed by atoms with Gasteiger partial charge in [0.2, 0.25) is 0 Å². The highest BCUT2D eigenvalue weighted by Crippen LogP contribution is 2.22. The lowest BCUT2D eigenvalue weighted by atomic mass is 10.1. The molecule has 1 unspecified atom stereocenters. The summed E-state index contributed by atoms with van der Waals surface area (Å²) < 4.78 is 0. The Balaban J connectivity index is 1.99. The lowest BCUT2D eigenvalue weighted by Crippen LogP contribution is -2.20. The van der Waals surface area contributed by atoms with Gasteiger partial charge in [0, 0.05) is 31.9 Å². The van der Waals surface area contributed by atoms with E-state index in [1.807, 2.05) is 19.3 Å². The Kier molecular flexibility index (Phi) is 3.78. The maximum absolute atomic E-state index is 4.34. The molecule has 1 aromatic rings. The molecule has 2 heterocycles. The van der Waals surface area contributed by atoms with E-state index in [9.17, 15) is 0 Å². The first-order chi connectivity index (χ1) is 7.83. The Hall–Kier alpha value is -1.09. The van der Waals surface area contributed by atoms with Crippen molar-refractivity contribution in [2.24, 2.45) is 5.92 Å². The minimum atomic E-state index is 0.898. The van der Waals surface area contributed by atoms with E-state index in [4.69, 9.17) is 0 Å². The Morgan fingerprint density at radius 2 is 2.44 bits per heavy atom. The van der Waals surface area contributed by atoms with E-state index >= 15 is 0 Å². The molecule has 3 heteroatoms. The second-order valence-electron chi connectivity index (χ2n) is 4.56. The van der Waals surface area contributed by atoms with E-state index < -0.39 is 0 Å². The molecule has 0 amide bonds. The Bertz CT molecular complexity index is 338. The first kappa shape index (κ1) is 11.4. The van der Waals surface area contributed by atoms with Crippen molar-refractivity contribution in [2.45, 2.75) is 26.3 Å². The van der Waals surface area contributed by atoms with Crippen molar-refractivity contribution in [1.29, 1.82) is 0 Å². The summed E-state index contributed by atoms with van der Waals surface area (Å²) >= 11 is 0. The topological polar surface area (TPSA) is 28.2 Å². The van der Waals surface area contributed by atoms with Crippen molar-refractivity contribution in [3.8, 4) is 0 Å². The van der Waals surface area contributed by atoms with Crippen molar-refractivity contribution in [3.05, 3.63) is 23.9 Å². The summed E-state index contributed by atoms with van der Waals surface area (Å²) in [5.41, 5.74) is 1.31. The third kappa shape index (κ3) is 2.53. The van der Waals surface area contributed by atoms with E-state index in [1.54, 1.807) is 0 Å². The van der Waals surface area contributed by atoms with Crippen LogP contribution in [0.15, 0.2) is 18.3 Å². The van der Waals surface area contributed by atoms with Crippen LogP contribution in [0.5, 0.6) is 0 Å². The van der Waals surface area contributed by atoms with Crippen molar-refractivity contribution in [1.82, 2.24) is 9.88 Å². The molecular formula is C13H21N3. The summed E-state index contributed by atoms with van der Waals surface area (Å²) in [6, 6.07) is 4.18. The molecule has 0 saturated carbocycles. The van der Waals surface area contributed by atoms with Gasteiger partial charge in [0.15, 0.2) is 0 Å². The van der Waals surface area contributed by atoms with Crippen LogP contribution in [0.4, 0.5) is 5.82 Å². The molecule has 0 aliphatic carbocycles. The number of nitrogens with zero attached hydrogens (tertiary/aromatic N) is 2. The lowest BCUT2D eigenvalue weighted by molar-refractivity contribution is 0.315. The van der Waals surface area contributed by atoms with Gasteiger partial charge in [-0.25, -0.2) is 4.98 Å². The number of pyridine rings is 1. The van der Waals surface area contributed by atoms with Crippen LogP contribution in [-0.2, 0) is 6.54 Å². The minimum Gasteiger partial charge on any atom is -0.373 e. The smallest absolute Gasteiger partial charge is 0.130 e. The third-order valence-corrected chi connectivity index (χ3v) is 3.47. The summed E-state index contributed by atoms with van der Waals surface area (Å²) in [4.78, 5) is 6.87. The number of hydrogen-bond donors (Lipinski definition) is 1. The normalized spacial score (nSPS) is 21.2. The molecule has 1 saturated heterocycles. The number of anilines is 1. The molecule has 1 aliphatic heterocycles. The molecule has 0 bridgehead atoms. The van der Waals surface area contributed by atoms with E-state index in [1.165, 1.54) is 31.5 Å². The molecule has 1 aromatic heterocycles. The van der Waals surface area contributed by atoms with Gasteiger partial charge in [-0.3, -0.25) is 4.90 Å². The molecule has 0 radical (unpaired) electrons. The second-order valence-corrected chi connectivity index (χ2v) is 4.56. The summed E-state index contributed by atoms with van der Waals surface area (Å²) in [6.45, 7) is 5.79. The van der Waals surface area contributed by atoms with Crippen LogP contribution in [0, 0.1) is 5.92 Å². The van der Waals surface area contributed by atoms with Gasteiger partial charge in [0.25, 0.3) is 0 Å². The second kappa shape index (κ2) is 5.30. The van der Waals surface area contributed by atoms with Crippen LogP contribution in [0.1, 0.15) is 25.3 Å². The molecule has 0 spiro atoms. The van der Waals surface area contributed by atoms with Crippen LogP contribution in [-0.4, -0.2) is 30.0 Å². The van der Waals surface area contributed by atoms with Gasteiger partial charge in [0.1, 0.15) is 5.82 Å². The number of likely N-dealkylation sites (tertiary alicyclic amines) is 1. The molecule has 1 atom stereocenters. The average molecular weight is 219 g/mol. The fourth-order valence-electron chi connectivity index (χ4n) is 2.42. The summed E-state index contributed by atoms with van der Waals surface area (Å²) in [7, 11) is 1.94. The van der Waals surface area contributed by atoms with Gasteiger partial charge in [-0.15, -0.1) is 0 Å². The van der Waals surface area contributed by atoms with E-state index in [2.05, 4.69) is 28.2 Å². The third-order valence-electron chi connectivity index (χ3n) is 3.47. The van der Waals surface area contributed by atoms with E-state index in [-0.39, 0.29) is 0 Å². The molecular weight excluding hydrogens is 198 g/mol. The quantitative estimate of drug-likeness (QED) is 0.842. The van der Waals surface area contributed by atoms with E-state index in [0.717, 1.165) is 18.3 Å². The molecule has 88 valence electrons. The van der Waals surface area contributed by atoms with Gasteiger partial charge >= 0.3 is 0 Å². The van der Waals surface area contributed by atoms with Gasteiger partial charge in [-0.2, -0.15) is 0 Å². The highest BCUT2D eigenvalue weighted by atomic mass is 15.1. The number of nitrogens with one attached hydrogen (secondary N) is 1. The molecule has 3 nitrogen and oxygen atoms in total. The standard InChI is InChI=1S/C13H21N3/c1-3-11-6-8-16(9-11)10-12-5-4-7-15-13(12)14-2/h4-5,7,11H,3,6,8-10H2,1-2H3,(H,14,15). The summed E-state index contributed by atoms with van der Waals surface area (Å²) in [6.07, 6.45) is 4.50. The van der Waals surface area contributed by atoms with Crippen LogP contribution in [0.2, 0.25) is 0 Å². The van der Waals surface area contributed by atoms with Gasteiger partial charge in [0.05, 0.1) is 0 Å². The Morgan fingerprint density at radius 3 is 3.12 bits per heavy atom. The van der Waals surface area contributed by atoms with Gasteiger partial charge in [-0.05, 0) is 24.9 Å². The highest BCUT2D eigenvalue weighted by Gasteiger charge is 2.21. The average Bonchev–Trinajstić information content (AvgIpc) is 2.77. The fraction of sp³-hybridized carbons (Fsp3) is 0.615.